The summed E-state index contributed by atoms with van der Waals surface area (Å²) in [4.78, 5) is 23.2. The van der Waals surface area contributed by atoms with Crippen LogP contribution in [0.1, 0.15) is 38.6 Å². The van der Waals surface area contributed by atoms with E-state index in [-0.39, 0.29) is 6.03 Å². The third-order valence-electron chi connectivity index (χ3n) is 4.40. The summed E-state index contributed by atoms with van der Waals surface area (Å²) in [5.74, 6) is 1.48. The molecule has 6 nitrogen and oxygen atoms in total. The number of aromatic nitrogens is 3. The first-order valence-corrected chi connectivity index (χ1v) is 8.38. The number of likely N-dealkylation sites (tertiary alicyclic amines) is 1. The summed E-state index contributed by atoms with van der Waals surface area (Å²) in [6.45, 7) is 8.53. The van der Waals surface area contributed by atoms with Crippen molar-refractivity contribution < 1.29 is 4.79 Å². The zero-order valence-electron chi connectivity index (χ0n) is 14.1. The van der Waals surface area contributed by atoms with E-state index in [0.717, 1.165) is 49.5 Å². The highest BCUT2D eigenvalue weighted by Crippen LogP contribution is 2.27. The van der Waals surface area contributed by atoms with Gasteiger partial charge in [0, 0.05) is 31.9 Å². The molecule has 0 aliphatic carbocycles. The van der Waals surface area contributed by atoms with Gasteiger partial charge in [-0.1, -0.05) is 13.8 Å². The molecule has 2 amide bonds. The molecular weight excluding hydrogens is 290 g/mol. The number of carbonyl (C=O) groups excluding carboxylic acids is 1. The fourth-order valence-corrected chi connectivity index (χ4v) is 3.21. The van der Waals surface area contributed by atoms with E-state index in [1.54, 1.807) is 0 Å². The first-order valence-electron chi connectivity index (χ1n) is 8.38. The van der Waals surface area contributed by atoms with Crippen LogP contribution in [0.25, 0.3) is 11.2 Å². The molecule has 0 radical (unpaired) electrons. The maximum Gasteiger partial charge on any atom is 0.317 e. The van der Waals surface area contributed by atoms with Crippen LogP contribution in [0.4, 0.5) is 4.79 Å². The van der Waals surface area contributed by atoms with Crippen molar-refractivity contribution in [3.8, 4) is 0 Å². The maximum absolute atomic E-state index is 12.2. The van der Waals surface area contributed by atoms with Gasteiger partial charge < -0.3 is 14.8 Å². The number of hydrogen-bond acceptors (Lipinski definition) is 3. The summed E-state index contributed by atoms with van der Waals surface area (Å²) < 4.78 is 2.23. The number of rotatable bonds is 3. The molecule has 2 aromatic heterocycles. The molecule has 1 fully saturated rings. The number of nitrogens with one attached hydrogen (secondary N) is 1. The van der Waals surface area contributed by atoms with E-state index in [1.165, 1.54) is 0 Å². The number of hydrogen-bond donors (Lipinski definition) is 1. The van der Waals surface area contributed by atoms with Gasteiger partial charge in [0.25, 0.3) is 0 Å². The van der Waals surface area contributed by atoms with E-state index in [2.05, 4.69) is 33.7 Å². The zero-order valence-corrected chi connectivity index (χ0v) is 14.1. The summed E-state index contributed by atoms with van der Waals surface area (Å²) in [6, 6.07) is 4.34. The average molecular weight is 315 g/mol. The van der Waals surface area contributed by atoms with E-state index in [9.17, 15) is 4.79 Å². The lowest BCUT2D eigenvalue weighted by atomic mass is 10.0. The predicted octanol–water partition coefficient (Wildman–Crippen LogP) is 2.74. The van der Waals surface area contributed by atoms with E-state index < -0.39 is 0 Å². The molecule has 0 bridgehead atoms. The second kappa shape index (κ2) is 6.56. The molecule has 1 saturated heterocycles. The molecule has 0 saturated carbocycles. The zero-order chi connectivity index (χ0) is 16.4. The van der Waals surface area contributed by atoms with Crippen molar-refractivity contribution in [2.75, 3.05) is 19.6 Å². The molecule has 1 aliphatic heterocycles. The topological polar surface area (TPSA) is 63.1 Å². The number of pyridine rings is 1. The van der Waals surface area contributed by atoms with Gasteiger partial charge in [-0.25, -0.2) is 14.8 Å². The van der Waals surface area contributed by atoms with Crippen molar-refractivity contribution >= 4 is 17.2 Å². The lowest BCUT2D eigenvalue weighted by Crippen LogP contribution is -2.45. The number of imidazole rings is 1. The Hall–Kier alpha value is -2.11. The number of fused-ring (bicyclic) bond motifs is 1. The van der Waals surface area contributed by atoms with Crippen molar-refractivity contribution in [3.63, 3.8) is 0 Å². The first-order chi connectivity index (χ1) is 11.1. The minimum atomic E-state index is 0.0579. The van der Waals surface area contributed by atoms with E-state index in [4.69, 9.17) is 0 Å². The average Bonchev–Trinajstić information content (AvgIpc) is 2.88. The molecule has 124 valence electrons. The van der Waals surface area contributed by atoms with Gasteiger partial charge in [0.1, 0.15) is 11.3 Å². The monoisotopic (exact) mass is 315 g/mol. The molecule has 0 unspecified atom stereocenters. The van der Waals surface area contributed by atoms with Crippen LogP contribution in [0.3, 0.4) is 0 Å². The van der Waals surface area contributed by atoms with Crippen LogP contribution < -0.4 is 5.32 Å². The smallest absolute Gasteiger partial charge is 0.317 e. The van der Waals surface area contributed by atoms with Gasteiger partial charge in [-0.15, -0.1) is 0 Å². The number of aryl methyl sites for hydroxylation is 1. The molecule has 0 aromatic carbocycles. The van der Waals surface area contributed by atoms with Gasteiger partial charge in [0.2, 0.25) is 0 Å². The minimum absolute atomic E-state index is 0.0579. The van der Waals surface area contributed by atoms with Crippen LogP contribution in [0.2, 0.25) is 0 Å². The van der Waals surface area contributed by atoms with Crippen molar-refractivity contribution in [2.45, 2.75) is 39.7 Å². The molecule has 1 aliphatic rings. The molecule has 0 spiro atoms. The molecule has 3 rings (SSSR count). The lowest BCUT2D eigenvalue weighted by Gasteiger charge is -2.33. The van der Waals surface area contributed by atoms with E-state index in [0.29, 0.717) is 12.0 Å². The number of nitrogens with zero attached hydrogens (tertiary/aromatic N) is 4. The van der Waals surface area contributed by atoms with Crippen LogP contribution >= 0.6 is 0 Å². The maximum atomic E-state index is 12.2. The van der Waals surface area contributed by atoms with Crippen LogP contribution in [0, 0.1) is 12.8 Å². The SMILES string of the molecule is Cc1nc2cccnc2n1C1CCN(C(=O)NCC(C)C)CC1. The van der Waals surface area contributed by atoms with Crippen molar-refractivity contribution in [1.29, 1.82) is 0 Å². The van der Waals surface area contributed by atoms with Crippen LogP contribution in [-0.4, -0.2) is 45.1 Å². The highest BCUT2D eigenvalue weighted by atomic mass is 16.2. The number of carbonyl (C=O) groups is 1. The summed E-state index contributed by atoms with van der Waals surface area (Å²) in [6.07, 6.45) is 3.70. The predicted molar refractivity (Wildman–Crippen MR) is 90.3 cm³/mol. The van der Waals surface area contributed by atoms with Gasteiger partial charge in [-0.3, -0.25) is 0 Å². The third-order valence-corrected chi connectivity index (χ3v) is 4.40. The van der Waals surface area contributed by atoms with Crippen molar-refractivity contribution in [2.24, 2.45) is 5.92 Å². The van der Waals surface area contributed by atoms with Crippen LogP contribution in [-0.2, 0) is 0 Å². The Kier molecular flexibility index (Phi) is 4.50. The Balaban J connectivity index is 1.67. The molecular formula is C17H25N5O. The Morgan fingerprint density at radius 1 is 1.39 bits per heavy atom. The largest absolute Gasteiger partial charge is 0.338 e. The summed E-state index contributed by atoms with van der Waals surface area (Å²) in [7, 11) is 0. The van der Waals surface area contributed by atoms with Crippen molar-refractivity contribution in [3.05, 3.63) is 24.2 Å². The molecule has 0 atom stereocenters. The minimum Gasteiger partial charge on any atom is -0.338 e. The fourth-order valence-electron chi connectivity index (χ4n) is 3.21. The second-order valence-electron chi connectivity index (χ2n) is 6.67. The molecule has 23 heavy (non-hydrogen) atoms. The van der Waals surface area contributed by atoms with Crippen LogP contribution in [0.15, 0.2) is 18.3 Å². The Morgan fingerprint density at radius 3 is 2.83 bits per heavy atom. The van der Waals surface area contributed by atoms with E-state index >= 15 is 0 Å². The van der Waals surface area contributed by atoms with Gasteiger partial charge in [-0.05, 0) is 37.8 Å². The number of urea groups is 1. The molecule has 2 aromatic rings. The standard InChI is InChI=1S/C17H25N5O/c1-12(2)11-19-17(23)21-9-6-14(7-10-21)22-13(3)20-15-5-4-8-18-16(15)22/h4-5,8,12,14H,6-7,9-11H2,1-3H3,(H,19,23). The number of piperidine rings is 1. The number of amides is 2. The lowest BCUT2D eigenvalue weighted by molar-refractivity contribution is 0.171. The second-order valence-corrected chi connectivity index (χ2v) is 6.67. The molecule has 1 N–H and O–H groups in total. The highest BCUT2D eigenvalue weighted by Gasteiger charge is 2.26. The van der Waals surface area contributed by atoms with Crippen molar-refractivity contribution in [1.82, 2.24) is 24.8 Å². The molecule has 3 heterocycles. The normalized spacial score (nSPS) is 16.3. The van der Waals surface area contributed by atoms with Crippen LogP contribution in [0.5, 0.6) is 0 Å². The third kappa shape index (κ3) is 3.30. The Bertz CT molecular complexity index is 685. The summed E-state index contributed by atoms with van der Waals surface area (Å²) in [5, 5.41) is 3.00. The van der Waals surface area contributed by atoms with Gasteiger partial charge in [-0.2, -0.15) is 0 Å². The fraction of sp³-hybridized carbons (Fsp3) is 0.588. The van der Waals surface area contributed by atoms with Gasteiger partial charge in [0.15, 0.2) is 5.65 Å². The Morgan fingerprint density at radius 2 is 2.13 bits per heavy atom. The quantitative estimate of drug-likeness (QED) is 0.947. The first kappa shape index (κ1) is 15.8. The Labute approximate surface area is 136 Å². The highest BCUT2D eigenvalue weighted by molar-refractivity contribution is 5.74. The summed E-state index contributed by atoms with van der Waals surface area (Å²) in [5.41, 5.74) is 1.90. The van der Waals surface area contributed by atoms with Gasteiger partial charge >= 0.3 is 6.03 Å². The summed E-state index contributed by atoms with van der Waals surface area (Å²) >= 11 is 0. The van der Waals surface area contributed by atoms with Gasteiger partial charge in [0.05, 0.1) is 0 Å². The van der Waals surface area contributed by atoms with E-state index in [1.807, 2.05) is 30.2 Å². The molecule has 6 heteroatoms.